The molecule has 0 atom stereocenters. The van der Waals surface area contributed by atoms with Crippen LogP contribution in [0.4, 0.5) is 0 Å². The topological polar surface area (TPSA) is 36.3 Å². The third kappa shape index (κ3) is 2.96. The summed E-state index contributed by atoms with van der Waals surface area (Å²) in [5, 5.41) is 4.23. The smallest absolute Gasteiger partial charge is 0.157 e. The molecule has 0 unspecified atom stereocenters. The van der Waals surface area contributed by atoms with Crippen LogP contribution in [0.1, 0.15) is 26.2 Å². The van der Waals surface area contributed by atoms with Crippen LogP contribution < -0.4 is 4.74 Å². The Morgan fingerprint density at radius 2 is 2.33 bits per heavy atom. The second-order valence-electron chi connectivity index (χ2n) is 3.87. The van der Waals surface area contributed by atoms with Gasteiger partial charge >= 0.3 is 0 Å². The Morgan fingerprint density at radius 3 is 3.07 bits per heavy atom. The Labute approximate surface area is 90.2 Å². The highest BCUT2D eigenvalue weighted by atomic mass is 16.5. The van der Waals surface area contributed by atoms with E-state index in [9.17, 15) is 0 Å². The predicted molar refractivity (Wildman–Crippen MR) is 57.0 cm³/mol. The number of hydrogen-bond donors (Lipinski definition) is 0. The van der Waals surface area contributed by atoms with Crippen molar-refractivity contribution in [3.8, 4) is 5.75 Å². The second-order valence-corrected chi connectivity index (χ2v) is 3.87. The van der Waals surface area contributed by atoms with E-state index in [-0.39, 0.29) is 0 Å². The van der Waals surface area contributed by atoms with Gasteiger partial charge in [0.05, 0.1) is 25.6 Å². The fourth-order valence-electron chi connectivity index (χ4n) is 1.74. The van der Waals surface area contributed by atoms with Crippen molar-refractivity contribution in [1.29, 1.82) is 0 Å². The van der Waals surface area contributed by atoms with Crippen LogP contribution in [0.25, 0.3) is 0 Å². The van der Waals surface area contributed by atoms with E-state index in [4.69, 9.17) is 9.47 Å². The van der Waals surface area contributed by atoms with Crippen molar-refractivity contribution in [3.05, 3.63) is 12.4 Å². The van der Waals surface area contributed by atoms with Crippen LogP contribution in [0, 0.1) is 0 Å². The molecule has 0 N–H and O–H groups in total. The summed E-state index contributed by atoms with van der Waals surface area (Å²) in [5.41, 5.74) is 0. The summed E-state index contributed by atoms with van der Waals surface area (Å²) in [7, 11) is 0. The van der Waals surface area contributed by atoms with Gasteiger partial charge in [0.15, 0.2) is 5.75 Å². The highest BCUT2D eigenvalue weighted by molar-refractivity contribution is 5.12. The molecular weight excluding hydrogens is 192 g/mol. The first-order valence-electron chi connectivity index (χ1n) is 5.65. The molecule has 0 aliphatic carbocycles. The van der Waals surface area contributed by atoms with Crippen LogP contribution >= 0.6 is 0 Å². The average molecular weight is 210 g/mol. The van der Waals surface area contributed by atoms with Crippen LogP contribution in [0.3, 0.4) is 0 Å². The van der Waals surface area contributed by atoms with E-state index in [1.165, 1.54) is 0 Å². The van der Waals surface area contributed by atoms with Crippen LogP contribution in [0.15, 0.2) is 12.4 Å². The van der Waals surface area contributed by atoms with Crippen molar-refractivity contribution in [2.75, 3.05) is 13.2 Å². The van der Waals surface area contributed by atoms with Gasteiger partial charge in [-0.05, 0) is 6.42 Å². The molecule has 1 aromatic heterocycles. The van der Waals surface area contributed by atoms with Gasteiger partial charge in [-0.15, -0.1) is 0 Å². The third-order valence-corrected chi connectivity index (χ3v) is 2.53. The average Bonchev–Trinajstić information content (AvgIpc) is 2.68. The van der Waals surface area contributed by atoms with E-state index < -0.39 is 0 Å². The summed E-state index contributed by atoms with van der Waals surface area (Å²) in [4.78, 5) is 0. The summed E-state index contributed by atoms with van der Waals surface area (Å²) in [6.45, 7) is 4.72. The van der Waals surface area contributed by atoms with Crippen molar-refractivity contribution in [1.82, 2.24) is 9.78 Å². The van der Waals surface area contributed by atoms with Crippen LogP contribution in [0.5, 0.6) is 5.75 Å². The summed E-state index contributed by atoms with van der Waals surface area (Å²) in [6, 6.07) is 0. The lowest BCUT2D eigenvalue weighted by Crippen LogP contribution is -2.25. The summed E-state index contributed by atoms with van der Waals surface area (Å²) < 4.78 is 13.0. The number of aryl methyl sites for hydroxylation is 1. The predicted octanol–water partition coefficient (Wildman–Crippen LogP) is 1.85. The van der Waals surface area contributed by atoms with E-state index in [1.807, 2.05) is 10.9 Å². The molecule has 0 amide bonds. The van der Waals surface area contributed by atoms with Gasteiger partial charge in [-0.3, -0.25) is 4.68 Å². The first-order valence-corrected chi connectivity index (χ1v) is 5.65. The second kappa shape index (κ2) is 5.16. The number of nitrogens with zero attached hydrogens (tertiary/aromatic N) is 2. The maximum atomic E-state index is 5.82. The fraction of sp³-hybridized carbons (Fsp3) is 0.727. The van der Waals surface area contributed by atoms with Crippen molar-refractivity contribution in [2.24, 2.45) is 0 Å². The zero-order chi connectivity index (χ0) is 10.5. The summed E-state index contributed by atoms with van der Waals surface area (Å²) >= 11 is 0. The van der Waals surface area contributed by atoms with E-state index >= 15 is 0 Å². The molecule has 0 bridgehead atoms. The van der Waals surface area contributed by atoms with Gasteiger partial charge in [0, 0.05) is 19.4 Å². The number of rotatable bonds is 4. The molecule has 1 aliphatic rings. The maximum absolute atomic E-state index is 5.82. The number of aromatic nitrogens is 2. The number of ether oxygens (including phenoxy) is 2. The minimum atomic E-state index is 0.304. The molecule has 0 radical (unpaired) electrons. The molecule has 2 heterocycles. The minimum absolute atomic E-state index is 0.304. The fourth-order valence-corrected chi connectivity index (χ4v) is 1.74. The van der Waals surface area contributed by atoms with Gasteiger partial charge in [0.25, 0.3) is 0 Å². The lowest BCUT2D eigenvalue weighted by atomic mass is 10.1. The molecule has 1 fully saturated rings. The lowest BCUT2D eigenvalue weighted by Gasteiger charge is -2.22. The van der Waals surface area contributed by atoms with Gasteiger partial charge in [0.2, 0.25) is 0 Å². The Balaban J connectivity index is 1.86. The van der Waals surface area contributed by atoms with Gasteiger partial charge in [-0.2, -0.15) is 5.10 Å². The van der Waals surface area contributed by atoms with E-state index in [2.05, 4.69) is 12.0 Å². The Bertz CT molecular complexity index is 293. The summed E-state index contributed by atoms with van der Waals surface area (Å²) in [5.74, 6) is 0.885. The molecule has 2 rings (SSSR count). The Morgan fingerprint density at radius 1 is 1.53 bits per heavy atom. The lowest BCUT2D eigenvalue weighted by molar-refractivity contribution is 0.0255. The van der Waals surface area contributed by atoms with E-state index in [0.29, 0.717) is 6.10 Å². The summed E-state index contributed by atoms with van der Waals surface area (Å²) in [6.07, 6.45) is 7.14. The first-order chi connectivity index (χ1) is 7.38. The maximum Gasteiger partial charge on any atom is 0.157 e. The monoisotopic (exact) mass is 210 g/mol. The minimum Gasteiger partial charge on any atom is -0.487 e. The zero-order valence-corrected chi connectivity index (χ0v) is 9.19. The van der Waals surface area contributed by atoms with Crippen LogP contribution in [-0.4, -0.2) is 29.1 Å². The van der Waals surface area contributed by atoms with Crippen molar-refractivity contribution in [2.45, 2.75) is 38.8 Å². The van der Waals surface area contributed by atoms with Crippen molar-refractivity contribution >= 4 is 0 Å². The third-order valence-electron chi connectivity index (χ3n) is 2.53. The number of hydrogen-bond acceptors (Lipinski definition) is 3. The molecule has 1 saturated heterocycles. The molecular formula is C11H18N2O2. The molecule has 4 nitrogen and oxygen atoms in total. The van der Waals surface area contributed by atoms with E-state index in [0.717, 1.165) is 44.8 Å². The SMILES string of the molecule is CCCn1cc(OC2CCOCC2)cn1. The van der Waals surface area contributed by atoms with Gasteiger partial charge in [-0.25, -0.2) is 0 Å². The molecule has 84 valence electrons. The van der Waals surface area contributed by atoms with Crippen LogP contribution in [0.2, 0.25) is 0 Å². The van der Waals surface area contributed by atoms with E-state index in [1.54, 1.807) is 6.20 Å². The molecule has 1 aromatic rings. The zero-order valence-electron chi connectivity index (χ0n) is 9.19. The Hall–Kier alpha value is -1.03. The van der Waals surface area contributed by atoms with Gasteiger partial charge in [-0.1, -0.05) is 6.92 Å². The standard InChI is InChI=1S/C11H18N2O2/c1-2-5-13-9-11(8-12-13)15-10-3-6-14-7-4-10/h8-10H,2-7H2,1H3. The molecule has 0 aromatic carbocycles. The quantitative estimate of drug-likeness (QED) is 0.761. The van der Waals surface area contributed by atoms with Crippen molar-refractivity contribution < 1.29 is 9.47 Å². The van der Waals surface area contributed by atoms with Gasteiger partial charge in [0.1, 0.15) is 6.10 Å². The van der Waals surface area contributed by atoms with Gasteiger partial charge < -0.3 is 9.47 Å². The molecule has 1 aliphatic heterocycles. The highest BCUT2D eigenvalue weighted by Gasteiger charge is 2.15. The molecule has 4 heteroatoms. The largest absolute Gasteiger partial charge is 0.487 e. The highest BCUT2D eigenvalue weighted by Crippen LogP contribution is 2.16. The molecule has 0 spiro atoms. The molecule has 0 saturated carbocycles. The Kier molecular flexibility index (Phi) is 3.61. The molecule has 15 heavy (non-hydrogen) atoms. The first kappa shape index (κ1) is 10.5. The normalized spacial score (nSPS) is 17.9. The van der Waals surface area contributed by atoms with Crippen molar-refractivity contribution in [3.63, 3.8) is 0 Å². The van der Waals surface area contributed by atoms with Crippen LogP contribution in [-0.2, 0) is 11.3 Å².